The zero-order chi connectivity index (χ0) is 13.9. The van der Waals surface area contributed by atoms with Crippen LogP contribution in [0.1, 0.15) is 19.3 Å². The molecule has 1 aromatic carbocycles. The molecule has 2 rings (SSSR count). The molecule has 0 heterocycles. The average molecular weight is 266 g/mol. The first kappa shape index (κ1) is 13.5. The average Bonchev–Trinajstić information content (AvgIpc) is 3.15. The van der Waals surface area contributed by atoms with Gasteiger partial charge in [-0.25, -0.2) is 0 Å². The third kappa shape index (κ3) is 3.10. The fourth-order valence-corrected chi connectivity index (χ4v) is 2.05. The molecular formula is C14H18O5. The second kappa shape index (κ2) is 5.38. The lowest BCUT2D eigenvalue weighted by atomic mass is 10.0. The Morgan fingerprint density at radius 1 is 1.26 bits per heavy atom. The lowest BCUT2D eigenvalue weighted by Gasteiger charge is -2.17. The van der Waals surface area contributed by atoms with E-state index in [1.54, 1.807) is 26.4 Å². The Labute approximate surface area is 112 Å². The van der Waals surface area contributed by atoms with Gasteiger partial charge in [-0.3, -0.25) is 4.79 Å². The second-order valence-corrected chi connectivity index (χ2v) is 4.85. The van der Waals surface area contributed by atoms with Crippen LogP contribution in [0.4, 0.5) is 0 Å². The maximum Gasteiger partial charge on any atom is 0.304 e. The summed E-state index contributed by atoms with van der Waals surface area (Å²) in [7, 11) is 3.12. The SMILES string of the molecule is COc1cccc(OC)c1OCC1(CC(=O)O)CC1. The highest BCUT2D eigenvalue weighted by molar-refractivity contribution is 5.68. The smallest absolute Gasteiger partial charge is 0.304 e. The van der Waals surface area contributed by atoms with Gasteiger partial charge in [-0.05, 0) is 25.0 Å². The molecule has 1 aromatic rings. The van der Waals surface area contributed by atoms with Crippen molar-refractivity contribution in [1.82, 2.24) is 0 Å². The maximum atomic E-state index is 10.8. The molecule has 5 heteroatoms. The van der Waals surface area contributed by atoms with E-state index in [1.165, 1.54) is 0 Å². The molecule has 0 amide bonds. The number of hydrogen-bond acceptors (Lipinski definition) is 4. The first-order valence-electron chi connectivity index (χ1n) is 6.16. The molecule has 0 spiro atoms. The number of carboxylic acids is 1. The van der Waals surface area contributed by atoms with Crippen molar-refractivity contribution in [2.45, 2.75) is 19.3 Å². The Balaban J connectivity index is 2.09. The molecule has 0 atom stereocenters. The number of aliphatic carboxylic acids is 1. The van der Waals surface area contributed by atoms with E-state index in [1.807, 2.05) is 6.07 Å². The quantitative estimate of drug-likeness (QED) is 0.820. The number of methoxy groups -OCH3 is 2. The number of carbonyl (C=O) groups is 1. The van der Waals surface area contributed by atoms with E-state index < -0.39 is 5.97 Å². The van der Waals surface area contributed by atoms with E-state index >= 15 is 0 Å². The molecule has 0 unspecified atom stereocenters. The van der Waals surface area contributed by atoms with Crippen LogP contribution >= 0.6 is 0 Å². The van der Waals surface area contributed by atoms with Crippen molar-refractivity contribution in [3.05, 3.63) is 18.2 Å². The van der Waals surface area contributed by atoms with Crippen molar-refractivity contribution >= 4 is 5.97 Å². The Morgan fingerprint density at radius 3 is 2.26 bits per heavy atom. The fraction of sp³-hybridized carbons (Fsp3) is 0.500. The third-order valence-corrected chi connectivity index (χ3v) is 3.39. The standard InChI is InChI=1S/C14H18O5/c1-17-10-4-3-5-11(18-2)13(10)19-9-14(6-7-14)8-12(15)16/h3-5H,6-9H2,1-2H3,(H,15,16). The zero-order valence-corrected chi connectivity index (χ0v) is 11.1. The highest BCUT2D eigenvalue weighted by Gasteiger charge is 2.45. The van der Waals surface area contributed by atoms with Gasteiger partial charge in [0, 0.05) is 5.41 Å². The predicted octanol–water partition coefficient (Wildman–Crippen LogP) is 2.34. The molecule has 1 aliphatic carbocycles. The Hall–Kier alpha value is -1.91. The first-order valence-corrected chi connectivity index (χ1v) is 6.16. The largest absolute Gasteiger partial charge is 0.493 e. The van der Waals surface area contributed by atoms with Gasteiger partial charge in [0.05, 0.1) is 27.2 Å². The number of ether oxygens (including phenoxy) is 3. The normalized spacial score (nSPS) is 15.7. The maximum absolute atomic E-state index is 10.8. The van der Waals surface area contributed by atoms with Gasteiger partial charge < -0.3 is 19.3 Å². The predicted molar refractivity (Wildman–Crippen MR) is 69.0 cm³/mol. The second-order valence-electron chi connectivity index (χ2n) is 4.85. The van der Waals surface area contributed by atoms with E-state index in [0.717, 1.165) is 12.8 Å². The molecule has 1 saturated carbocycles. The molecule has 19 heavy (non-hydrogen) atoms. The van der Waals surface area contributed by atoms with Crippen LogP contribution in [0.15, 0.2) is 18.2 Å². The summed E-state index contributed by atoms with van der Waals surface area (Å²) in [6, 6.07) is 5.39. The fourth-order valence-electron chi connectivity index (χ4n) is 2.05. The third-order valence-electron chi connectivity index (χ3n) is 3.39. The van der Waals surface area contributed by atoms with Crippen molar-refractivity contribution in [2.75, 3.05) is 20.8 Å². The van der Waals surface area contributed by atoms with Crippen molar-refractivity contribution in [2.24, 2.45) is 5.41 Å². The Kier molecular flexibility index (Phi) is 3.83. The molecule has 104 valence electrons. The molecule has 5 nitrogen and oxygen atoms in total. The number of rotatable bonds is 7. The highest BCUT2D eigenvalue weighted by Crippen LogP contribution is 2.50. The van der Waals surface area contributed by atoms with E-state index in [0.29, 0.717) is 23.9 Å². The van der Waals surface area contributed by atoms with E-state index in [-0.39, 0.29) is 11.8 Å². The molecule has 1 aliphatic rings. The van der Waals surface area contributed by atoms with Crippen LogP contribution in [0.3, 0.4) is 0 Å². The highest BCUT2D eigenvalue weighted by atomic mass is 16.5. The number of para-hydroxylation sites is 1. The summed E-state index contributed by atoms with van der Waals surface area (Å²) in [4.78, 5) is 10.8. The minimum atomic E-state index is -0.784. The summed E-state index contributed by atoms with van der Waals surface area (Å²) >= 11 is 0. The number of hydrogen-bond donors (Lipinski definition) is 1. The number of benzene rings is 1. The van der Waals surface area contributed by atoms with Crippen molar-refractivity contribution in [3.63, 3.8) is 0 Å². The molecule has 1 N–H and O–H groups in total. The summed E-state index contributed by atoms with van der Waals surface area (Å²) < 4.78 is 16.2. The van der Waals surface area contributed by atoms with Crippen molar-refractivity contribution < 1.29 is 24.1 Å². The number of carboxylic acid groups (broad SMARTS) is 1. The van der Waals surface area contributed by atoms with Gasteiger partial charge in [-0.15, -0.1) is 0 Å². The lowest BCUT2D eigenvalue weighted by molar-refractivity contribution is -0.138. The first-order chi connectivity index (χ1) is 9.10. The topological polar surface area (TPSA) is 65.0 Å². The van der Waals surface area contributed by atoms with Crippen molar-refractivity contribution in [3.8, 4) is 17.2 Å². The minimum Gasteiger partial charge on any atom is -0.493 e. The van der Waals surface area contributed by atoms with E-state index in [2.05, 4.69) is 0 Å². The zero-order valence-electron chi connectivity index (χ0n) is 11.1. The van der Waals surface area contributed by atoms with Gasteiger partial charge in [-0.2, -0.15) is 0 Å². The van der Waals surface area contributed by atoms with Gasteiger partial charge in [0.25, 0.3) is 0 Å². The molecular weight excluding hydrogens is 248 g/mol. The monoisotopic (exact) mass is 266 g/mol. The van der Waals surface area contributed by atoms with Gasteiger partial charge in [0.15, 0.2) is 11.5 Å². The molecule has 0 saturated heterocycles. The summed E-state index contributed by atoms with van der Waals surface area (Å²) in [5.74, 6) is 0.924. The van der Waals surface area contributed by atoms with Crippen LogP contribution in [-0.2, 0) is 4.79 Å². The molecule has 0 aromatic heterocycles. The van der Waals surface area contributed by atoms with Crippen LogP contribution < -0.4 is 14.2 Å². The van der Waals surface area contributed by atoms with Crippen LogP contribution in [0.2, 0.25) is 0 Å². The molecule has 0 bridgehead atoms. The molecule has 0 radical (unpaired) electrons. The van der Waals surface area contributed by atoms with E-state index in [4.69, 9.17) is 19.3 Å². The summed E-state index contributed by atoms with van der Waals surface area (Å²) in [5, 5.41) is 8.88. The Morgan fingerprint density at radius 2 is 1.84 bits per heavy atom. The van der Waals surface area contributed by atoms with Gasteiger partial charge in [-0.1, -0.05) is 6.07 Å². The summed E-state index contributed by atoms with van der Waals surface area (Å²) in [5.41, 5.74) is -0.225. The minimum absolute atomic E-state index is 0.143. The summed E-state index contributed by atoms with van der Waals surface area (Å²) in [6.07, 6.45) is 1.91. The molecule has 0 aliphatic heterocycles. The summed E-state index contributed by atoms with van der Waals surface area (Å²) in [6.45, 7) is 0.371. The van der Waals surface area contributed by atoms with Gasteiger partial charge in [0.2, 0.25) is 5.75 Å². The van der Waals surface area contributed by atoms with Crippen LogP contribution in [-0.4, -0.2) is 31.9 Å². The van der Waals surface area contributed by atoms with E-state index in [9.17, 15) is 4.79 Å². The van der Waals surface area contributed by atoms with Crippen molar-refractivity contribution in [1.29, 1.82) is 0 Å². The van der Waals surface area contributed by atoms with Crippen LogP contribution in [0.25, 0.3) is 0 Å². The lowest BCUT2D eigenvalue weighted by Crippen LogP contribution is -2.17. The van der Waals surface area contributed by atoms with Gasteiger partial charge in [0.1, 0.15) is 0 Å². The molecule has 1 fully saturated rings. The van der Waals surface area contributed by atoms with Gasteiger partial charge >= 0.3 is 5.97 Å². The van der Waals surface area contributed by atoms with Crippen LogP contribution in [0, 0.1) is 5.41 Å². The van der Waals surface area contributed by atoms with Crippen LogP contribution in [0.5, 0.6) is 17.2 Å². The Bertz CT molecular complexity index is 443.